The van der Waals surface area contributed by atoms with Crippen molar-refractivity contribution in [3.05, 3.63) is 63.8 Å². The van der Waals surface area contributed by atoms with E-state index in [1.54, 1.807) is 0 Å². The first kappa shape index (κ1) is 21.2. The van der Waals surface area contributed by atoms with E-state index >= 15 is 0 Å². The minimum atomic E-state index is 0. The number of fused-ring (bicyclic) bond motifs is 1. The van der Waals surface area contributed by atoms with Crippen LogP contribution in [0.1, 0.15) is 11.3 Å². The van der Waals surface area contributed by atoms with E-state index in [1.807, 2.05) is 25.1 Å². The van der Waals surface area contributed by atoms with Gasteiger partial charge in [0, 0.05) is 36.4 Å². The molecule has 4 rings (SSSR count). The number of nitrogens with one attached hydrogen (secondary N) is 1. The lowest BCUT2D eigenvalue weighted by Crippen LogP contribution is -2.36. The number of nitrogens with zero attached hydrogens (tertiary/aromatic N) is 2. The zero-order valence-corrected chi connectivity index (χ0v) is 18.8. The number of ether oxygens (including phenoxy) is 1. The van der Waals surface area contributed by atoms with Gasteiger partial charge in [-0.25, -0.2) is 0 Å². The highest BCUT2D eigenvalue weighted by Gasteiger charge is 2.16. The van der Waals surface area contributed by atoms with Gasteiger partial charge in [0.1, 0.15) is 0 Å². The Balaban J connectivity index is 0.00000225. The van der Waals surface area contributed by atoms with Crippen molar-refractivity contribution in [1.82, 2.24) is 4.98 Å². The summed E-state index contributed by atoms with van der Waals surface area (Å²) in [5.41, 5.74) is 5.32. The largest absolute Gasteiger partial charge is 0.380 e. The molecule has 1 N–H and O–H groups in total. The molecule has 0 atom stereocenters. The molecule has 0 amide bonds. The van der Waals surface area contributed by atoms with Crippen LogP contribution in [0.4, 0.5) is 11.4 Å². The zero-order valence-electron chi connectivity index (χ0n) is 15.5. The third kappa shape index (κ3) is 4.54. The van der Waals surface area contributed by atoms with Crippen molar-refractivity contribution < 1.29 is 4.74 Å². The molecule has 2 aromatic carbocycles. The van der Waals surface area contributed by atoms with Crippen molar-refractivity contribution in [2.24, 2.45) is 0 Å². The Morgan fingerprint density at radius 1 is 1.07 bits per heavy atom. The van der Waals surface area contributed by atoms with Crippen LogP contribution in [0.25, 0.3) is 10.9 Å². The lowest BCUT2D eigenvalue weighted by molar-refractivity contribution is 0.123. The Labute approximate surface area is 185 Å². The molecule has 1 aliphatic rings. The van der Waals surface area contributed by atoms with Gasteiger partial charge in [0.25, 0.3) is 0 Å². The molecule has 0 radical (unpaired) electrons. The summed E-state index contributed by atoms with van der Waals surface area (Å²) in [4.78, 5) is 7.18. The van der Waals surface area contributed by atoms with E-state index in [9.17, 15) is 0 Å². The minimum absolute atomic E-state index is 0. The smallest absolute Gasteiger partial charge is 0.0959 e. The Bertz CT molecular complexity index is 977. The molecule has 148 valence electrons. The average molecular weight is 483 g/mol. The number of aryl methyl sites for hydroxylation is 1. The Morgan fingerprint density at radius 3 is 2.61 bits per heavy atom. The lowest BCUT2D eigenvalue weighted by atomic mass is 10.1. The maximum absolute atomic E-state index is 6.14. The quantitative estimate of drug-likeness (QED) is 0.504. The second kappa shape index (κ2) is 9.31. The SMILES string of the molecule is Br.Cc1cc(NCc2ccc(Cl)c(Cl)c2)c2cccc(N3CCOCC3)c2n1. The fourth-order valence-corrected chi connectivity index (χ4v) is 3.73. The monoisotopic (exact) mass is 481 g/mol. The van der Waals surface area contributed by atoms with E-state index in [1.165, 1.54) is 0 Å². The van der Waals surface area contributed by atoms with E-state index in [0.29, 0.717) is 16.6 Å². The van der Waals surface area contributed by atoms with Crippen LogP contribution in [0.3, 0.4) is 0 Å². The number of para-hydroxylation sites is 1. The standard InChI is InChI=1S/C21H21Cl2N3O.BrH/c1-14-11-19(24-13-15-5-6-17(22)18(23)12-15)16-3-2-4-20(21(16)25-14)26-7-9-27-10-8-26;/h2-6,11-12H,7-10,13H2,1H3,(H,24,25);1H. The summed E-state index contributed by atoms with van der Waals surface area (Å²) in [6, 6.07) is 14.1. The topological polar surface area (TPSA) is 37.4 Å². The van der Waals surface area contributed by atoms with Crippen molar-refractivity contribution >= 4 is 62.5 Å². The third-order valence-electron chi connectivity index (χ3n) is 4.77. The van der Waals surface area contributed by atoms with Crippen LogP contribution in [0.5, 0.6) is 0 Å². The van der Waals surface area contributed by atoms with Crippen LogP contribution < -0.4 is 10.2 Å². The molecule has 4 nitrogen and oxygen atoms in total. The summed E-state index contributed by atoms with van der Waals surface area (Å²) in [6.07, 6.45) is 0. The summed E-state index contributed by atoms with van der Waals surface area (Å²) < 4.78 is 5.49. The van der Waals surface area contributed by atoms with Crippen LogP contribution in [0.15, 0.2) is 42.5 Å². The molecular weight excluding hydrogens is 461 g/mol. The number of hydrogen-bond donors (Lipinski definition) is 1. The van der Waals surface area contributed by atoms with Gasteiger partial charge in [-0.1, -0.05) is 41.4 Å². The van der Waals surface area contributed by atoms with Gasteiger partial charge in [-0.05, 0) is 36.8 Å². The lowest BCUT2D eigenvalue weighted by Gasteiger charge is -2.29. The third-order valence-corrected chi connectivity index (χ3v) is 5.50. The number of aromatic nitrogens is 1. The van der Waals surface area contributed by atoms with Crippen LogP contribution in [-0.4, -0.2) is 31.3 Å². The predicted molar refractivity (Wildman–Crippen MR) is 124 cm³/mol. The number of halogens is 3. The van der Waals surface area contributed by atoms with Gasteiger partial charge in [0.05, 0.1) is 34.5 Å². The molecule has 0 saturated carbocycles. The van der Waals surface area contributed by atoms with Crippen molar-refractivity contribution in [2.45, 2.75) is 13.5 Å². The second-order valence-corrected chi connectivity index (χ2v) is 7.50. The van der Waals surface area contributed by atoms with Gasteiger partial charge in [0.2, 0.25) is 0 Å². The predicted octanol–water partition coefficient (Wildman–Crippen LogP) is 5.88. The van der Waals surface area contributed by atoms with E-state index in [2.05, 4.69) is 34.5 Å². The van der Waals surface area contributed by atoms with Gasteiger partial charge in [0.15, 0.2) is 0 Å². The number of hydrogen-bond acceptors (Lipinski definition) is 4. The van der Waals surface area contributed by atoms with Crippen molar-refractivity contribution in [1.29, 1.82) is 0 Å². The summed E-state index contributed by atoms with van der Waals surface area (Å²) in [5.74, 6) is 0. The summed E-state index contributed by atoms with van der Waals surface area (Å²) in [6.45, 7) is 5.98. The first-order valence-corrected chi connectivity index (χ1v) is 9.78. The average Bonchev–Trinajstić information content (AvgIpc) is 2.69. The number of rotatable bonds is 4. The molecule has 1 fully saturated rings. The Hall–Kier alpha value is -1.53. The fraction of sp³-hybridized carbons (Fsp3) is 0.286. The first-order chi connectivity index (χ1) is 13.1. The van der Waals surface area contributed by atoms with E-state index in [4.69, 9.17) is 32.9 Å². The maximum Gasteiger partial charge on any atom is 0.0959 e. The normalized spacial score (nSPS) is 14.0. The van der Waals surface area contributed by atoms with Gasteiger partial charge >= 0.3 is 0 Å². The van der Waals surface area contributed by atoms with E-state index in [0.717, 1.165) is 59.8 Å². The van der Waals surface area contributed by atoms with Gasteiger partial charge in [-0.3, -0.25) is 4.98 Å². The van der Waals surface area contributed by atoms with Gasteiger partial charge in [-0.2, -0.15) is 0 Å². The van der Waals surface area contributed by atoms with Crippen molar-refractivity contribution in [3.63, 3.8) is 0 Å². The van der Waals surface area contributed by atoms with Crippen LogP contribution >= 0.6 is 40.2 Å². The molecule has 3 aromatic rings. The van der Waals surface area contributed by atoms with Crippen molar-refractivity contribution in [2.75, 3.05) is 36.5 Å². The van der Waals surface area contributed by atoms with E-state index < -0.39 is 0 Å². The first-order valence-electron chi connectivity index (χ1n) is 9.03. The number of pyridine rings is 1. The highest BCUT2D eigenvalue weighted by atomic mass is 79.9. The number of anilines is 2. The molecule has 1 aliphatic heterocycles. The summed E-state index contributed by atoms with van der Waals surface area (Å²) in [7, 11) is 0. The molecule has 0 spiro atoms. The Kier molecular flexibility index (Phi) is 7.05. The molecule has 7 heteroatoms. The summed E-state index contributed by atoms with van der Waals surface area (Å²) in [5, 5.41) is 5.79. The second-order valence-electron chi connectivity index (χ2n) is 6.69. The Morgan fingerprint density at radius 2 is 1.86 bits per heavy atom. The molecule has 1 aromatic heterocycles. The van der Waals surface area contributed by atoms with Crippen LogP contribution in [0, 0.1) is 6.92 Å². The fourth-order valence-electron chi connectivity index (χ4n) is 3.41. The maximum atomic E-state index is 6.14. The zero-order chi connectivity index (χ0) is 18.8. The van der Waals surface area contributed by atoms with Crippen LogP contribution in [-0.2, 0) is 11.3 Å². The van der Waals surface area contributed by atoms with Gasteiger partial charge in [-0.15, -0.1) is 17.0 Å². The molecule has 0 unspecified atom stereocenters. The highest BCUT2D eigenvalue weighted by molar-refractivity contribution is 8.93. The van der Waals surface area contributed by atoms with Crippen LogP contribution in [0.2, 0.25) is 10.0 Å². The minimum Gasteiger partial charge on any atom is -0.380 e. The molecule has 28 heavy (non-hydrogen) atoms. The highest BCUT2D eigenvalue weighted by Crippen LogP contribution is 2.32. The van der Waals surface area contributed by atoms with E-state index in [-0.39, 0.29) is 17.0 Å². The number of morpholine rings is 1. The molecular formula is C21H22BrCl2N3O. The molecule has 0 bridgehead atoms. The summed E-state index contributed by atoms with van der Waals surface area (Å²) >= 11 is 12.2. The number of benzene rings is 2. The van der Waals surface area contributed by atoms with Gasteiger partial charge < -0.3 is 15.0 Å². The molecule has 0 aliphatic carbocycles. The van der Waals surface area contributed by atoms with Crippen molar-refractivity contribution in [3.8, 4) is 0 Å². The molecule has 2 heterocycles. The molecule has 1 saturated heterocycles.